The van der Waals surface area contributed by atoms with Gasteiger partial charge in [0.05, 0.1) is 20.8 Å². The van der Waals surface area contributed by atoms with Gasteiger partial charge in [0.15, 0.2) is 0 Å². The lowest BCUT2D eigenvalue weighted by molar-refractivity contribution is 0.596. The number of H-pyrrole nitrogens is 1. The van der Waals surface area contributed by atoms with Gasteiger partial charge in [0, 0.05) is 5.56 Å². The van der Waals surface area contributed by atoms with E-state index < -0.39 is 9.84 Å². The minimum atomic E-state index is -3.62. The van der Waals surface area contributed by atoms with Gasteiger partial charge in [-0.3, -0.25) is 0 Å². The Morgan fingerprint density at radius 3 is 2.21 bits per heavy atom. The lowest BCUT2D eigenvalue weighted by Gasteiger charge is -2.08. The van der Waals surface area contributed by atoms with Crippen LogP contribution in [-0.2, 0) is 9.84 Å². The summed E-state index contributed by atoms with van der Waals surface area (Å²) in [6.45, 7) is 0. The van der Waals surface area contributed by atoms with Crippen molar-refractivity contribution >= 4 is 20.9 Å². The molecule has 24 heavy (non-hydrogen) atoms. The average Bonchev–Trinajstić information content (AvgIpc) is 3.06. The normalized spacial score (nSPS) is 11.7. The second-order valence-electron chi connectivity index (χ2n) is 5.42. The van der Waals surface area contributed by atoms with Crippen LogP contribution in [0.1, 0.15) is 0 Å². The van der Waals surface area contributed by atoms with Crippen molar-refractivity contribution in [2.75, 3.05) is 0 Å². The molecule has 0 aliphatic rings. The van der Waals surface area contributed by atoms with E-state index in [0.717, 1.165) is 11.0 Å². The number of nitrogens with zero attached hydrogens (tertiary/aromatic N) is 1. The summed E-state index contributed by atoms with van der Waals surface area (Å²) >= 11 is 0. The van der Waals surface area contributed by atoms with E-state index in [4.69, 9.17) is 0 Å². The van der Waals surface area contributed by atoms with Gasteiger partial charge in [0.1, 0.15) is 5.82 Å². The molecule has 0 saturated heterocycles. The molecule has 0 spiro atoms. The molecule has 0 fully saturated rings. The van der Waals surface area contributed by atoms with Crippen molar-refractivity contribution in [2.45, 2.75) is 9.79 Å². The Morgan fingerprint density at radius 1 is 0.750 bits per heavy atom. The number of hydrogen-bond acceptors (Lipinski definition) is 3. The van der Waals surface area contributed by atoms with Crippen molar-refractivity contribution in [1.82, 2.24) is 9.97 Å². The summed E-state index contributed by atoms with van der Waals surface area (Å²) in [5.41, 5.74) is 2.25. The van der Waals surface area contributed by atoms with Crippen LogP contribution < -0.4 is 0 Å². The zero-order chi connectivity index (χ0) is 16.6. The summed E-state index contributed by atoms with van der Waals surface area (Å²) in [5.74, 6) is 0.548. The summed E-state index contributed by atoms with van der Waals surface area (Å²) in [4.78, 5) is 8.25. The number of aromatic nitrogens is 2. The first kappa shape index (κ1) is 14.7. The van der Waals surface area contributed by atoms with E-state index in [0.29, 0.717) is 11.4 Å². The third-order valence-corrected chi connectivity index (χ3v) is 5.70. The molecule has 0 aliphatic heterocycles. The highest BCUT2D eigenvalue weighted by molar-refractivity contribution is 7.91. The van der Waals surface area contributed by atoms with Gasteiger partial charge in [-0.2, -0.15) is 0 Å². The molecule has 5 heteroatoms. The van der Waals surface area contributed by atoms with E-state index in [1.807, 2.05) is 30.3 Å². The Morgan fingerprint density at radius 2 is 1.42 bits per heavy atom. The van der Waals surface area contributed by atoms with Crippen molar-refractivity contribution in [3.8, 4) is 11.4 Å². The van der Waals surface area contributed by atoms with E-state index in [1.54, 1.807) is 48.5 Å². The monoisotopic (exact) mass is 334 g/mol. The standard InChI is InChI=1S/C19H14N2O2S/c22-24(23,14-8-2-1-3-9-14)18-13-7-4-10-15(18)19-20-16-11-5-6-12-17(16)21-19/h1-13H,(H,20,21). The first-order valence-electron chi connectivity index (χ1n) is 7.50. The molecule has 0 unspecified atom stereocenters. The van der Waals surface area contributed by atoms with Crippen molar-refractivity contribution in [1.29, 1.82) is 0 Å². The first-order valence-corrected chi connectivity index (χ1v) is 8.99. The molecule has 1 heterocycles. The van der Waals surface area contributed by atoms with Crippen molar-refractivity contribution in [3.63, 3.8) is 0 Å². The number of imidazole rings is 1. The van der Waals surface area contributed by atoms with Gasteiger partial charge in [-0.05, 0) is 36.4 Å². The molecule has 4 rings (SSSR count). The molecular weight excluding hydrogens is 320 g/mol. The summed E-state index contributed by atoms with van der Waals surface area (Å²) in [7, 11) is -3.62. The largest absolute Gasteiger partial charge is 0.338 e. The first-order chi connectivity index (χ1) is 11.7. The molecule has 4 nitrogen and oxygen atoms in total. The molecule has 1 N–H and O–H groups in total. The fourth-order valence-corrected chi connectivity index (χ4v) is 4.18. The van der Waals surface area contributed by atoms with E-state index in [2.05, 4.69) is 9.97 Å². The van der Waals surface area contributed by atoms with E-state index in [1.165, 1.54) is 0 Å². The average molecular weight is 334 g/mol. The van der Waals surface area contributed by atoms with Crippen LogP contribution in [0.4, 0.5) is 0 Å². The summed E-state index contributed by atoms with van der Waals surface area (Å²) in [6, 6.07) is 23.0. The van der Waals surface area contributed by atoms with Crippen LogP contribution >= 0.6 is 0 Å². The molecule has 1 aromatic heterocycles. The third kappa shape index (κ3) is 2.39. The number of fused-ring (bicyclic) bond motifs is 1. The molecule has 0 bridgehead atoms. The minimum absolute atomic E-state index is 0.246. The predicted molar refractivity (Wildman–Crippen MR) is 93.4 cm³/mol. The van der Waals surface area contributed by atoms with Crippen molar-refractivity contribution in [3.05, 3.63) is 78.9 Å². The topological polar surface area (TPSA) is 62.8 Å². The zero-order valence-electron chi connectivity index (χ0n) is 12.7. The number of benzene rings is 3. The van der Waals surface area contributed by atoms with Crippen molar-refractivity contribution in [2.24, 2.45) is 0 Å². The number of para-hydroxylation sites is 2. The third-order valence-electron chi connectivity index (χ3n) is 3.87. The maximum atomic E-state index is 13.0. The lowest BCUT2D eigenvalue weighted by Crippen LogP contribution is -2.04. The zero-order valence-corrected chi connectivity index (χ0v) is 13.5. The van der Waals surface area contributed by atoms with Crippen LogP contribution in [0, 0.1) is 0 Å². The Labute approximate surface area is 139 Å². The van der Waals surface area contributed by atoms with E-state index in [9.17, 15) is 8.42 Å². The quantitative estimate of drug-likeness (QED) is 0.614. The second-order valence-corrected chi connectivity index (χ2v) is 7.33. The summed E-state index contributed by atoms with van der Waals surface area (Å²) < 4.78 is 26.0. The Bertz CT molecular complexity index is 1080. The highest BCUT2D eigenvalue weighted by Gasteiger charge is 2.22. The molecule has 0 amide bonds. The van der Waals surface area contributed by atoms with E-state index in [-0.39, 0.29) is 9.79 Å². The Balaban J connectivity index is 1.93. The van der Waals surface area contributed by atoms with Crippen LogP contribution in [0.15, 0.2) is 88.7 Å². The Kier molecular flexibility index (Phi) is 3.43. The molecule has 0 atom stereocenters. The van der Waals surface area contributed by atoms with Crippen LogP contribution in [0.25, 0.3) is 22.4 Å². The minimum Gasteiger partial charge on any atom is -0.338 e. The fourth-order valence-electron chi connectivity index (χ4n) is 2.70. The SMILES string of the molecule is O=S(=O)(c1ccccc1)c1ccccc1-c1nc2ccccc2[nH]1. The van der Waals surface area contributed by atoms with Gasteiger partial charge in [-0.15, -0.1) is 0 Å². The maximum absolute atomic E-state index is 13.0. The number of rotatable bonds is 3. The molecule has 0 saturated carbocycles. The van der Waals surface area contributed by atoms with Gasteiger partial charge in [-0.25, -0.2) is 13.4 Å². The van der Waals surface area contributed by atoms with Gasteiger partial charge < -0.3 is 4.98 Å². The molecule has 3 aromatic carbocycles. The summed E-state index contributed by atoms with van der Waals surface area (Å²) in [5, 5.41) is 0. The number of sulfone groups is 1. The van der Waals surface area contributed by atoms with Gasteiger partial charge in [0.25, 0.3) is 0 Å². The maximum Gasteiger partial charge on any atom is 0.207 e. The second kappa shape index (κ2) is 5.62. The van der Waals surface area contributed by atoms with E-state index >= 15 is 0 Å². The highest BCUT2D eigenvalue weighted by Crippen LogP contribution is 2.30. The lowest BCUT2D eigenvalue weighted by atomic mass is 10.2. The van der Waals surface area contributed by atoms with Crippen LogP contribution in [0.2, 0.25) is 0 Å². The molecule has 0 radical (unpaired) electrons. The number of hydrogen-bond donors (Lipinski definition) is 1. The molecule has 118 valence electrons. The van der Waals surface area contributed by atoms with Gasteiger partial charge in [-0.1, -0.05) is 42.5 Å². The number of nitrogens with one attached hydrogen (secondary N) is 1. The highest BCUT2D eigenvalue weighted by atomic mass is 32.2. The predicted octanol–water partition coefficient (Wildman–Crippen LogP) is 4.06. The van der Waals surface area contributed by atoms with Crippen LogP contribution in [0.5, 0.6) is 0 Å². The summed E-state index contributed by atoms with van der Waals surface area (Å²) in [6.07, 6.45) is 0. The molecule has 0 aliphatic carbocycles. The van der Waals surface area contributed by atoms with Gasteiger partial charge >= 0.3 is 0 Å². The number of aromatic amines is 1. The van der Waals surface area contributed by atoms with Crippen LogP contribution in [-0.4, -0.2) is 18.4 Å². The van der Waals surface area contributed by atoms with Crippen LogP contribution in [0.3, 0.4) is 0 Å². The van der Waals surface area contributed by atoms with Gasteiger partial charge in [0.2, 0.25) is 9.84 Å². The fraction of sp³-hybridized carbons (Fsp3) is 0. The Hall–Kier alpha value is -2.92. The smallest absolute Gasteiger partial charge is 0.207 e. The molecular formula is C19H14N2O2S. The molecule has 4 aromatic rings. The van der Waals surface area contributed by atoms with Crippen molar-refractivity contribution < 1.29 is 8.42 Å².